The van der Waals surface area contributed by atoms with Crippen molar-refractivity contribution in [2.75, 3.05) is 0 Å². The molecule has 8 bridgehead atoms. The summed E-state index contributed by atoms with van der Waals surface area (Å²) in [4.78, 5) is 13.7. The lowest BCUT2D eigenvalue weighted by Crippen LogP contribution is -2.05. The van der Waals surface area contributed by atoms with E-state index in [9.17, 15) is 39.5 Å². The first-order chi connectivity index (χ1) is 30.8. The molecule has 328 valence electrons. The van der Waals surface area contributed by atoms with Gasteiger partial charge in [-0.1, -0.05) is 29.3 Å². The number of hydrogen-bond acceptors (Lipinski definition) is 2. The van der Waals surface area contributed by atoms with Crippen molar-refractivity contribution in [2.24, 2.45) is 0 Å². The van der Waals surface area contributed by atoms with E-state index in [2.05, 4.69) is 19.9 Å². The first kappa shape index (κ1) is 43.3. The third kappa shape index (κ3) is 6.49. The molecular weight excluding hydrogens is 940 g/mol. The van der Waals surface area contributed by atoms with Crippen molar-refractivity contribution in [1.29, 1.82) is 0 Å². The van der Waals surface area contributed by atoms with Crippen LogP contribution in [0, 0.1) is 87.3 Å². The topological polar surface area (TPSA) is 57.4 Å². The zero-order valence-corrected chi connectivity index (χ0v) is 32.7. The Balaban J connectivity index is 1.58. The summed E-state index contributed by atoms with van der Waals surface area (Å²) in [6.45, 7) is 0. The Morgan fingerprint density at radius 3 is 0.831 bits per heavy atom. The van der Waals surface area contributed by atoms with Crippen LogP contribution in [-0.4, -0.2) is 19.9 Å². The quantitative estimate of drug-likeness (QED) is 0.105. The van der Waals surface area contributed by atoms with Crippen LogP contribution in [0.5, 0.6) is 0 Å². The minimum atomic E-state index is -2.62. The van der Waals surface area contributed by atoms with Gasteiger partial charge in [-0.2, -0.15) is 0 Å². The third-order valence-electron chi connectivity index (χ3n) is 10.3. The van der Waals surface area contributed by atoms with Crippen LogP contribution < -0.4 is 0 Å². The highest BCUT2D eigenvalue weighted by atomic mass is 35.5. The van der Waals surface area contributed by atoms with E-state index in [4.69, 9.17) is 23.2 Å². The number of nitrogens with zero attached hydrogens (tertiary/aromatic N) is 2. The number of rotatable bonds is 4. The van der Waals surface area contributed by atoms with Crippen LogP contribution >= 0.6 is 23.2 Å². The van der Waals surface area contributed by atoms with Crippen LogP contribution in [0.2, 0.25) is 10.0 Å². The molecule has 0 spiro atoms. The van der Waals surface area contributed by atoms with Crippen LogP contribution in [0.4, 0.5) is 65.9 Å². The second-order valence-corrected chi connectivity index (χ2v) is 14.7. The van der Waals surface area contributed by atoms with Crippen molar-refractivity contribution in [3.05, 3.63) is 163 Å². The lowest BCUT2D eigenvalue weighted by Gasteiger charge is -2.12. The first-order valence-corrected chi connectivity index (χ1v) is 18.7. The van der Waals surface area contributed by atoms with Gasteiger partial charge in [-0.25, -0.2) is 75.8 Å². The molecule has 4 aromatic carbocycles. The number of benzene rings is 4. The van der Waals surface area contributed by atoms with Crippen molar-refractivity contribution in [3.63, 3.8) is 0 Å². The maximum Gasteiger partial charge on any atom is 0.200 e. The van der Waals surface area contributed by atoms with Gasteiger partial charge in [0.25, 0.3) is 0 Å². The fraction of sp³-hybridized carbons (Fsp3) is 0. The zero-order chi connectivity index (χ0) is 46.7. The van der Waals surface area contributed by atoms with E-state index >= 15 is 26.3 Å². The Hall–Kier alpha value is -6.99. The lowest BCUT2D eigenvalue weighted by atomic mass is 10.0. The molecule has 21 heteroatoms. The Labute approximate surface area is 361 Å². The number of halogens is 17. The highest BCUT2D eigenvalue weighted by molar-refractivity contribution is 6.39. The second-order valence-electron chi connectivity index (χ2n) is 13.9. The molecule has 2 N–H and O–H groups in total. The molecular formula is C44H13Cl2F15N4. The van der Waals surface area contributed by atoms with Gasteiger partial charge in [0, 0.05) is 49.9 Å². The molecule has 0 aliphatic carbocycles. The standard InChI is InChI=1S/C44H13Cl2F15N4/c45-12-2-1-3-13(46)22(12)23-14-4-6-16(62-14)24(27-30(47)36(53)42(59)37(54)31(27)48)18-8-10-20(64-18)26(29-34(51)40(57)44(61)41(58)35(29)52)21-11-9-19(65-21)25(17-7-5-15(23)63-17)28-32(49)38(55)43(60)39(56)33(28)50/h1-11,64-65H. The molecule has 65 heavy (non-hydrogen) atoms. The highest BCUT2D eigenvalue weighted by Crippen LogP contribution is 2.45. The van der Waals surface area contributed by atoms with Gasteiger partial charge >= 0.3 is 0 Å². The number of fused-ring (bicyclic) bond motifs is 8. The maximum absolute atomic E-state index is 15.8. The fourth-order valence-corrected chi connectivity index (χ4v) is 8.05. The molecule has 0 atom stereocenters. The predicted molar refractivity (Wildman–Crippen MR) is 210 cm³/mol. The van der Waals surface area contributed by atoms with Crippen molar-refractivity contribution in [1.82, 2.24) is 19.9 Å². The van der Waals surface area contributed by atoms with E-state index < -0.39 is 154 Å². The van der Waals surface area contributed by atoms with Crippen LogP contribution in [0.15, 0.2) is 42.5 Å². The van der Waals surface area contributed by atoms with E-state index in [-0.39, 0.29) is 32.6 Å². The zero-order valence-electron chi connectivity index (χ0n) is 31.2. The van der Waals surface area contributed by atoms with Gasteiger partial charge in [-0.15, -0.1) is 0 Å². The molecule has 4 nitrogen and oxygen atoms in total. The van der Waals surface area contributed by atoms with Crippen molar-refractivity contribution in [3.8, 4) is 44.5 Å². The van der Waals surface area contributed by atoms with Gasteiger partial charge in [0.15, 0.2) is 69.8 Å². The molecule has 2 aliphatic rings. The van der Waals surface area contributed by atoms with Crippen molar-refractivity contribution in [2.45, 2.75) is 0 Å². The molecule has 0 saturated carbocycles. The summed E-state index contributed by atoms with van der Waals surface area (Å²) in [7, 11) is 0. The normalized spacial score (nSPS) is 12.3. The van der Waals surface area contributed by atoms with E-state index in [1.165, 1.54) is 18.2 Å². The minimum absolute atomic E-state index is 0.0896. The summed E-state index contributed by atoms with van der Waals surface area (Å²) in [6, 6.07) is 7.40. The smallest absolute Gasteiger partial charge is 0.200 e. The first-order valence-electron chi connectivity index (χ1n) is 18.0. The maximum atomic E-state index is 15.8. The summed E-state index contributed by atoms with van der Waals surface area (Å²) in [5, 5.41) is -0.244. The molecule has 0 saturated heterocycles. The average Bonchev–Trinajstić information content (AvgIpc) is 4.14. The van der Waals surface area contributed by atoms with Gasteiger partial charge in [-0.05, 0) is 60.7 Å². The van der Waals surface area contributed by atoms with Gasteiger partial charge in [0.2, 0.25) is 17.5 Å². The molecule has 7 aromatic rings. The Morgan fingerprint density at radius 1 is 0.277 bits per heavy atom. The van der Waals surface area contributed by atoms with Crippen LogP contribution in [0.3, 0.4) is 0 Å². The summed E-state index contributed by atoms with van der Waals surface area (Å²) < 4.78 is 228. The van der Waals surface area contributed by atoms with E-state index in [0.29, 0.717) is 0 Å². The van der Waals surface area contributed by atoms with Crippen LogP contribution in [-0.2, 0) is 0 Å². The lowest BCUT2D eigenvalue weighted by molar-refractivity contribution is 0.381. The van der Waals surface area contributed by atoms with E-state index in [1.807, 2.05) is 0 Å². The Kier molecular flexibility index (Phi) is 10.4. The molecule has 3 aromatic heterocycles. The molecule has 5 heterocycles. The second kappa shape index (κ2) is 15.6. The van der Waals surface area contributed by atoms with Gasteiger partial charge in [0.1, 0.15) is 0 Å². The summed E-state index contributed by atoms with van der Waals surface area (Å²) in [6.07, 6.45) is 4.22. The van der Waals surface area contributed by atoms with Crippen molar-refractivity contribution >= 4 is 69.6 Å². The number of aromatic amines is 2. The average molecular weight is 953 g/mol. The highest BCUT2D eigenvalue weighted by Gasteiger charge is 2.33. The Morgan fingerprint density at radius 2 is 0.523 bits per heavy atom. The van der Waals surface area contributed by atoms with Crippen LogP contribution in [0.25, 0.3) is 90.9 Å². The number of nitrogens with one attached hydrogen (secondary N) is 2. The Bertz CT molecular complexity index is 3270. The van der Waals surface area contributed by atoms with Crippen LogP contribution in [0.1, 0.15) is 22.8 Å². The summed E-state index contributed by atoms with van der Waals surface area (Å²) in [5.41, 5.74) is -12.8. The minimum Gasteiger partial charge on any atom is -0.354 e. The SMILES string of the molecule is Fc1c(F)c(F)c(-c2c3nc(c(-c4c(Cl)cccc4Cl)c4nc(c(-c5c(F)c(F)c(F)c(F)c5F)c5ccc([nH]5)c(-c5c(F)c(F)c(F)c(F)c5F)c5ccc2[nH]5)C=C4)C=C3)c(F)c1F. The fourth-order valence-electron chi connectivity index (χ4n) is 7.47. The molecule has 2 aliphatic heterocycles. The van der Waals surface area contributed by atoms with Gasteiger partial charge in [0.05, 0.1) is 49.5 Å². The number of hydrogen-bond donors (Lipinski definition) is 2. The number of H-pyrrole nitrogens is 2. The summed E-state index contributed by atoms with van der Waals surface area (Å²) >= 11 is 13.2. The monoisotopic (exact) mass is 952 g/mol. The number of aromatic nitrogens is 4. The molecule has 0 radical (unpaired) electrons. The predicted octanol–water partition coefficient (Wildman–Crippen LogP) is 14.7. The van der Waals surface area contributed by atoms with Crippen molar-refractivity contribution < 1.29 is 65.9 Å². The molecule has 9 rings (SSSR count). The van der Waals surface area contributed by atoms with E-state index in [0.717, 1.165) is 48.6 Å². The van der Waals surface area contributed by atoms with E-state index in [1.54, 1.807) is 0 Å². The third-order valence-corrected chi connectivity index (χ3v) is 11.0. The molecule has 0 unspecified atom stereocenters. The van der Waals surface area contributed by atoms with Gasteiger partial charge < -0.3 is 9.97 Å². The molecule has 0 fully saturated rings. The van der Waals surface area contributed by atoms with Gasteiger partial charge in [-0.3, -0.25) is 0 Å². The summed E-state index contributed by atoms with van der Waals surface area (Å²) in [5.74, 6) is -37.0. The molecule has 0 amide bonds. The largest absolute Gasteiger partial charge is 0.354 e.